The molecule has 0 atom stereocenters. The normalized spacial score (nSPS) is 10.8. The van der Waals surface area contributed by atoms with Gasteiger partial charge in [-0.3, -0.25) is 0 Å². The molecule has 0 spiro atoms. The van der Waals surface area contributed by atoms with Gasteiger partial charge in [-0.1, -0.05) is 84.4 Å². The summed E-state index contributed by atoms with van der Waals surface area (Å²) in [6, 6.07) is 34.0. The molecule has 144 valence electrons. The highest BCUT2D eigenvalue weighted by atomic mass is 35.5. The van der Waals surface area contributed by atoms with Gasteiger partial charge in [0.25, 0.3) is 0 Å². The van der Waals surface area contributed by atoms with Crippen molar-refractivity contribution in [1.82, 2.24) is 15.0 Å². The highest BCUT2D eigenvalue weighted by molar-refractivity contribution is 6.31. The van der Waals surface area contributed by atoms with Gasteiger partial charge in [0, 0.05) is 16.0 Å². The highest BCUT2D eigenvalue weighted by Gasteiger charge is 2.08. The van der Waals surface area contributed by atoms with Crippen LogP contribution in [0.25, 0.3) is 44.6 Å². The average molecular weight is 408 g/mol. The Kier molecular flexibility index (Phi) is 4.88. The zero-order valence-electron chi connectivity index (χ0n) is 16.1. The summed E-state index contributed by atoms with van der Waals surface area (Å²) in [5, 5.41) is 1.58. The van der Waals surface area contributed by atoms with Crippen molar-refractivity contribution in [3.8, 4) is 22.6 Å². The van der Waals surface area contributed by atoms with Gasteiger partial charge in [0.15, 0.2) is 5.82 Å². The van der Waals surface area contributed by atoms with Crippen LogP contribution in [-0.2, 0) is 0 Å². The highest BCUT2D eigenvalue weighted by Crippen LogP contribution is 2.29. The molecule has 1 heterocycles. The Morgan fingerprint density at radius 1 is 0.600 bits per heavy atom. The number of aromatic nitrogens is 3. The first-order valence-electron chi connectivity index (χ1n) is 9.72. The number of H-pyrrole nitrogens is 1. The maximum Gasteiger partial charge on any atom is 0.160 e. The van der Waals surface area contributed by atoms with Crippen LogP contribution in [0.5, 0.6) is 0 Å². The standard InChI is InChI=1S/C26H18ClN3/c27-20-15-16-22-21(17-20)25(18-9-3-1-4-10-18)28-23-13-7-8-14-24(23)30-26(29-22)19-11-5-2-6-12-19/h1-17,28H. The summed E-state index contributed by atoms with van der Waals surface area (Å²) < 4.78 is 0. The largest absolute Gasteiger partial charge is 0.353 e. The van der Waals surface area contributed by atoms with Gasteiger partial charge in [-0.05, 0) is 35.9 Å². The Bertz CT molecular complexity index is 1390. The third-order valence-corrected chi connectivity index (χ3v) is 5.17. The predicted molar refractivity (Wildman–Crippen MR) is 125 cm³/mol. The van der Waals surface area contributed by atoms with E-state index >= 15 is 0 Å². The van der Waals surface area contributed by atoms with Crippen LogP contribution in [0.1, 0.15) is 0 Å². The number of benzene rings is 4. The van der Waals surface area contributed by atoms with Crippen LogP contribution >= 0.6 is 11.6 Å². The average Bonchev–Trinajstić information content (AvgIpc) is 2.86. The van der Waals surface area contributed by atoms with E-state index in [1.165, 1.54) is 0 Å². The lowest BCUT2D eigenvalue weighted by Gasteiger charge is -2.05. The van der Waals surface area contributed by atoms with E-state index in [0.29, 0.717) is 10.8 Å². The first-order valence-corrected chi connectivity index (χ1v) is 10.1. The van der Waals surface area contributed by atoms with Gasteiger partial charge >= 0.3 is 0 Å². The molecule has 0 saturated carbocycles. The zero-order valence-corrected chi connectivity index (χ0v) is 16.8. The van der Waals surface area contributed by atoms with Gasteiger partial charge in [-0.15, -0.1) is 0 Å². The molecule has 0 saturated heterocycles. The molecule has 3 nitrogen and oxygen atoms in total. The van der Waals surface area contributed by atoms with Crippen LogP contribution in [0.15, 0.2) is 103 Å². The second-order valence-electron chi connectivity index (χ2n) is 6.96. The summed E-state index contributed by atoms with van der Waals surface area (Å²) in [4.78, 5) is 13.5. The maximum atomic E-state index is 6.40. The summed E-state index contributed by atoms with van der Waals surface area (Å²) in [6.45, 7) is 0. The van der Waals surface area contributed by atoms with Crippen molar-refractivity contribution in [1.29, 1.82) is 0 Å². The second-order valence-corrected chi connectivity index (χ2v) is 7.39. The molecule has 4 heteroatoms. The van der Waals surface area contributed by atoms with Crippen LogP contribution in [-0.4, -0.2) is 15.0 Å². The van der Waals surface area contributed by atoms with Crippen LogP contribution in [0.2, 0.25) is 5.02 Å². The fourth-order valence-electron chi connectivity index (χ4n) is 3.49. The summed E-state index contributed by atoms with van der Waals surface area (Å²) >= 11 is 6.40. The molecule has 0 fully saturated rings. The van der Waals surface area contributed by atoms with E-state index < -0.39 is 0 Å². The van der Waals surface area contributed by atoms with Gasteiger partial charge in [0.2, 0.25) is 0 Å². The number of aromatic amines is 1. The Morgan fingerprint density at radius 3 is 2.00 bits per heavy atom. The van der Waals surface area contributed by atoms with E-state index in [0.717, 1.165) is 38.8 Å². The van der Waals surface area contributed by atoms with E-state index in [4.69, 9.17) is 21.6 Å². The minimum atomic E-state index is 0.655. The summed E-state index contributed by atoms with van der Waals surface area (Å²) in [5.41, 5.74) is 5.49. The van der Waals surface area contributed by atoms with Crippen molar-refractivity contribution in [2.45, 2.75) is 0 Å². The number of fused-ring (bicyclic) bond motifs is 2. The number of para-hydroxylation sites is 2. The quantitative estimate of drug-likeness (QED) is 0.335. The molecule has 0 radical (unpaired) electrons. The van der Waals surface area contributed by atoms with Crippen LogP contribution in [0, 0.1) is 0 Å². The first-order chi connectivity index (χ1) is 14.8. The van der Waals surface area contributed by atoms with Gasteiger partial charge in [0.05, 0.1) is 22.2 Å². The fraction of sp³-hybridized carbons (Fsp3) is 0. The third kappa shape index (κ3) is 3.63. The van der Waals surface area contributed by atoms with Crippen LogP contribution < -0.4 is 0 Å². The fourth-order valence-corrected chi connectivity index (χ4v) is 3.66. The number of hydrogen-bond donors (Lipinski definition) is 1. The second kappa shape index (κ2) is 7.97. The lowest BCUT2D eigenvalue weighted by atomic mass is 10.1. The number of nitrogens with one attached hydrogen (secondary N) is 1. The lowest BCUT2D eigenvalue weighted by Crippen LogP contribution is -1.86. The molecule has 5 rings (SSSR count). The third-order valence-electron chi connectivity index (χ3n) is 4.94. The summed E-state index contributed by atoms with van der Waals surface area (Å²) in [5.74, 6) is 0.655. The molecular formula is C26H18ClN3. The van der Waals surface area contributed by atoms with Crippen molar-refractivity contribution in [3.63, 3.8) is 0 Å². The molecule has 0 bridgehead atoms. The number of hydrogen-bond acceptors (Lipinski definition) is 2. The number of halogens is 1. The van der Waals surface area contributed by atoms with E-state index in [-0.39, 0.29) is 0 Å². The van der Waals surface area contributed by atoms with E-state index in [1.807, 2.05) is 91.0 Å². The van der Waals surface area contributed by atoms with Gasteiger partial charge in [-0.2, -0.15) is 0 Å². The van der Waals surface area contributed by atoms with Crippen LogP contribution in [0.4, 0.5) is 0 Å². The monoisotopic (exact) mass is 407 g/mol. The van der Waals surface area contributed by atoms with Crippen molar-refractivity contribution in [3.05, 3.63) is 108 Å². The van der Waals surface area contributed by atoms with Gasteiger partial charge in [-0.25, -0.2) is 9.97 Å². The minimum Gasteiger partial charge on any atom is -0.353 e. The van der Waals surface area contributed by atoms with E-state index in [9.17, 15) is 0 Å². The Labute approximate surface area is 179 Å². The molecule has 0 aliphatic heterocycles. The lowest BCUT2D eigenvalue weighted by molar-refractivity contribution is 1.28. The SMILES string of the molecule is Clc1ccc2nc(-c3ccccc3)nc3ccccc3[nH]c(-c3ccccc3)c2c1. The first kappa shape index (κ1) is 18.3. The molecule has 30 heavy (non-hydrogen) atoms. The molecule has 1 aromatic heterocycles. The number of rotatable bonds is 2. The molecule has 5 aromatic rings. The molecular weight excluding hydrogens is 390 g/mol. The summed E-state index contributed by atoms with van der Waals surface area (Å²) in [6.07, 6.45) is 0. The molecule has 0 aliphatic rings. The Balaban J connectivity index is 2.00. The van der Waals surface area contributed by atoms with Crippen molar-refractivity contribution in [2.24, 2.45) is 0 Å². The molecule has 0 amide bonds. The smallest absolute Gasteiger partial charge is 0.160 e. The molecule has 0 aliphatic carbocycles. The molecule has 4 aromatic carbocycles. The molecule has 0 unspecified atom stereocenters. The van der Waals surface area contributed by atoms with Gasteiger partial charge in [0.1, 0.15) is 0 Å². The minimum absolute atomic E-state index is 0.655. The van der Waals surface area contributed by atoms with Crippen LogP contribution in [0.3, 0.4) is 0 Å². The Morgan fingerprint density at radius 2 is 1.23 bits per heavy atom. The van der Waals surface area contributed by atoms with E-state index in [1.54, 1.807) is 0 Å². The summed E-state index contributed by atoms with van der Waals surface area (Å²) in [7, 11) is 0. The van der Waals surface area contributed by atoms with Crippen molar-refractivity contribution >= 4 is 33.5 Å². The van der Waals surface area contributed by atoms with E-state index in [2.05, 4.69) is 17.1 Å². The van der Waals surface area contributed by atoms with Gasteiger partial charge < -0.3 is 4.98 Å². The maximum absolute atomic E-state index is 6.40. The topological polar surface area (TPSA) is 41.6 Å². The predicted octanol–water partition coefficient (Wildman–Crippen LogP) is 7.22. The Hall–Kier alpha value is -3.69. The zero-order chi connectivity index (χ0) is 20.3. The number of nitrogens with zero attached hydrogens (tertiary/aromatic N) is 2. The molecule has 1 N–H and O–H groups in total. The van der Waals surface area contributed by atoms with Crippen molar-refractivity contribution in [2.75, 3.05) is 0 Å². The van der Waals surface area contributed by atoms with Crippen molar-refractivity contribution < 1.29 is 0 Å².